The van der Waals surface area contributed by atoms with Crippen molar-refractivity contribution in [2.45, 2.75) is 20.8 Å². The third-order valence-electron chi connectivity index (χ3n) is 1.97. The number of aliphatic imine (C=N–C) groups is 1. The van der Waals surface area contributed by atoms with Crippen LogP contribution in [-0.4, -0.2) is 12.3 Å². The van der Waals surface area contributed by atoms with Crippen LogP contribution >= 0.6 is 0 Å². The first-order valence-electron chi connectivity index (χ1n) is 3.25. The van der Waals surface area contributed by atoms with E-state index in [1.54, 1.807) is 0 Å². The molecular formula is C8H13N. The quantitative estimate of drug-likeness (QED) is 0.467. The number of hydrogen-bond donors (Lipinski definition) is 0. The molecule has 1 aliphatic rings. The summed E-state index contributed by atoms with van der Waals surface area (Å²) in [5.41, 5.74) is 2.55. The van der Waals surface area contributed by atoms with Gasteiger partial charge in [-0.25, -0.2) is 0 Å². The first-order valence-corrected chi connectivity index (χ1v) is 3.25. The zero-order chi connectivity index (χ0) is 7.07. The molecule has 1 nitrogen and oxygen atoms in total. The predicted molar refractivity (Wildman–Crippen MR) is 40.9 cm³/mol. The summed E-state index contributed by atoms with van der Waals surface area (Å²) in [5, 5.41) is 0. The Morgan fingerprint density at radius 2 is 2.11 bits per heavy atom. The lowest BCUT2D eigenvalue weighted by Crippen LogP contribution is -2.14. The van der Waals surface area contributed by atoms with Crippen molar-refractivity contribution in [3.8, 4) is 0 Å². The first-order chi connectivity index (χ1) is 4.04. The molecule has 0 fully saturated rings. The SMILES string of the molecule is C=C1C(C)=NCC1(C)C. The van der Waals surface area contributed by atoms with Gasteiger partial charge < -0.3 is 0 Å². The maximum atomic E-state index is 4.29. The average Bonchev–Trinajstić information content (AvgIpc) is 1.97. The summed E-state index contributed by atoms with van der Waals surface area (Å²) in [6.45, 7) is 11.2. The molecule has 0 aromatic rings. The molecule has 0 saturated heterocycles. The molecule has 0 bridgehead atoms. The van der Waals surface area contributed by atoms with E-state index in [-0.39, 0.29) is 5.41 Å². The Balaban J connectivity index is 2.86. The monoisotopic (exact) mass is 123 g/mol. The Bertz CT molecular complexity index is 175. The van der Waals surface area contributed by atoms with Gasteiger partial charge >= 0.3 is 0 Å². The van der Waals surface area contributed by atoms with Crippen molar-refractivity contribution in [3.05, 3.63) is 12.2 Å². The zero-order valence-electron chi connectivity index (χ0n) is 6.36. The van der Waals surface area contributed by atoms with Crippen LogP contribution in [0.3, 0.4) is 0 Å². The number of nitrogens with zero attached hydrogens (tertiary/aromatic N) is 1. The molecule has 0 spiro atoms. The summed E-state index contributed by atoms with van der Waals surface area (Å²) in [6.07, 6.45) is 0. The van der Waals surface area contributed by atoms with Crippen molar-refractivity contribution in [3.63, 3.8) is 0 Å². The molecule has 50 valence electrons. The predicted octanol–water partition coefficient (Wildman–Crippen LogP) is 2.04. The second kappa shape index (κ2) is 1.69. The molecule has 9 heavy (non-hydrogen) atoms. The Kier molecular flexibility index (Phi) is 1.23. The Labute approximate surface area is 56.5 Å². The van der Waals surface area contributed by atoms with Crippen molar-refractivity contribution >= 4 is 5.71 Å². The molecule has 0 atom stereocenters. The standard InChI is InChI=1S/C8H13N/c1-6-7(2)9-5-8(6,3)4/h1,5H2,2-4H3. The molecule has 0 amide bonds. The highest BCUT2D eigenvalue weighted by atomic mass is 14.8. The maximum absolute atomic E-state index is 4.29. The van der Waals surface area contributed by atoms with E-state index in [0.29, 0.717) is 0 Å². The number of hydrogen-bond acceptors (Lipinski definition) is 1. The van der Waals surface area contributed by atoms with Crippen LogP contribution in [0.25, 0.3) is 0 Å². The lowest BCUT2D eigenvalue weighted by Gasteiger charge is -2.16. The molecular weight excluding hydrogens is 110 g/mol. The minimum Gasteiger partial charge on any atom is -0.289 e. The molecule has 0 aromatic carbocycles. The summed E-state index contributed by atoms with van der Waals surface area (Å²) in [5.74, 6) is 0. The molecule has 0 aromatic heterocycles. The van der Waals surface area contributed by atoms with E-state index in [0.717, 1.165) is 12.3 Å². The van der Waals surface area contributed by atoms with Crippen LogP contribution < -0.4 is 0 Å². The van der Waals surface area contributed by atoms with Gasteiger partial charge in [0.25, 0.3) is 0 Å². The van der Waals surface area contributed by atoms with E-state index in [9.17, 15) is 0 Å². The summed E-state index contributed by atoms with van der Waals surface area (Å²) in [7, 11) is 0. The second-order valence-corrected chi connectivity index (χ2v) is 3.26. The van der Waals surface area contributed by atoms with Crippen LogP contribution in [0.4, 0.5) is 0 Å². The van der Waals surface area contributed by atoms with Crippen molar-refractivity contribution in [1.29, 1.82) is 0 Å². The fourth-order valence-corrected chi connectivity index (χ4v) is 0.997. The third kappa shape index (κ3) is 0.913. The van der Waals surface area contributed by atoms with E-state index in [1.165, 1.54) is 5.57 Å². The van der Waals surface area contributed by atoms with E-state index < -0.39 is 0 Å². The normalized spacial score (nSPS) is 24.3. The second-order valence-electron chi connectivity index (χ2n) is 3.26. The van der Waals surface area contributed by atoms with E-state index in [1.807, 2.05) is 6.92 Å². The van der Waals surface area contributed by atoms with Gasteiger partial charge in [0, 0.05) is 17.7 Å². The minimum atomic E-state index is 0.226. The number of rotatable bonds is 0. The molecule has 0 unspecified atom stereocenters. The van der Waals surface area contributed by atoms with Crippen molar-refractivity contribution in [1.82, 2.24) is 0 Å². The van der Waals surface area contributed by atoms with Crippen LogP contribution in [0.2, 0.25) is 0 Å². The molecule has 1 rings (SSSR count). The molecule has 1 heteroatoms. The van der Waals surface area contributed by atoms with Crippen molar-refractivity contribution in [2.75, 3.05) is 6.54 Å². The van der Waals surface area contributed by atoms with Crippen LogP contribution in [0, 0.1) is 5.41 Å². The average molecular weight is 123 g/mol. The summed E-state index contributed by atoms with van der Waals surface area (Å²) in [4.78, 5) is 4.29. The van der Waals surface area contributed by atoms with Gasteiger partial charge in [-0.3, -0.25) is 4.99 Å². The van der Waals surface area contributed by atoms with Crippen LogP contribution in [-0.2, 0) is 0 Å². The topological polar surface area (TPSA) is 12.4 Å². The van der Waals surface area contributed by atoms with Gasteiger partial charge in [-0.1, -0.05) is 20.4 Å². The Hall–Kier alpha value is -0.590. The Morgan fingerprint density at radius 3 is 2.22 bits per heavy atom. The van der Waals surface area contributed by atoms with E-state index in [4.69, 9.17) is 0 Å². The minimum absolute atomic E-state index is 0.226. The van der Waals surface area contributed by atoms with Crippen molar-refractivity contribution in [2.24, 2.45) is 10.4 Å². The maximum Gasteiger partial charge on any atom is 0.0484 e. The highest BCUT2D eigenvalue weighted by molar-refractivity contribution is 6.00. The fraction of sp³-hybridized carbons (Fsp3) is 0.625. The van der Waals surface area contributed by atoms with Gasteiger partial charge in [0.2, 0.25) is 0 Å². The van der Waals surface area contributed by atoms with E-state index >= 15 is 0 Å². The highest BCUT2D eigenvalue weighted by Gasteiger charge is 2.27. The molecule has 0 N–H and O–H groups in total. The molecule has 0 saturated carbocycles. The summed E-state index contributed by atoms with van der Waals surface area (Å²) in [6, 6.07) is 0. The van der Waals surface area contributed by atoms with Crippen molar-refractivity contribution < 1.29 is 0 Å². The van der Waals surface area contributed by atoms with Crippen LogP contribution in [0.5, 0.6) is 0 Å². The highest BCUT2D eigenvalue weighted by Crippen LogP contribution is 2.31. The first kappa shape index (κ1) is 6.53. The van der Waals surface area contributed by atoms with Gasteiger partial charge in [0.15, 0.2) is 0 Å². The lowest BCUT2D eigenvalue weighted by atomic mass is 9.86. The van der Waals surface area contributed by atoms with Crippen LogP contribution in [0.1, 0.15) is 20.8 Å². The molecule has 0 radical (unpaired) electrons. The third-order valence-corrected chi connectivity index (χ3v) is 1.97. The lowest BCUT2D eigenvalue weighted by molar-refractivity contribution is 0.502. The Morgan fingerprint density at radius 1 is 1.56 bits per heavy atom. The summed E-state index contributed by atoms with van der Waals surface area (Å²) < 4.78 is 0. The molecule has 1 aliphatic heterocycles. The zero-order valence-corrected chi connectivity index (χ0v) is 6.36. The van der Waals surface area contributed by atoms with Gasteiger partial charge in [-0.15, -0.1) is 0 Å². The van der Waals surface area contributed by atoms with Gasteiger partial charge in [0.05, 0.1) is 0 Å². The summed E-state index contributed by atoms with van der Waals surface area (Å²) >= 11 is 0. The largest absolute Gasteiger partial charge is 0.289 e. The molecule has 0 aliphatic carbocycles. The molecule has 1 heterocycles. The van der Waals surface area contributed by atoms with Gasteiger partial charge in [-0.2, -0.15) is 0 Å². The van der Waals surface area contributed by atoms with E-state index in [2.05, 4.69) is 25.4 Å². The fourth-order valence-electron chi connectivity index (χ4n) is 0.997. The van der Waals surface area contributed by atoms with Gasteiger partial charge in [-0.05, 0) is 12.5 Å². The van der Waals surface area contributed by atoms with Crippen LogP contribution in [0.15, 0.2) is 17.1 Å². The van der Waals surface area contributed by atoms with Gasteiger partial charge in [0.1, 0.15) is 0 Å². The smallest absolute Gasteiger partial charge is 0.0484 e.